The second-order valence-electron chi connectivity index (χ2n) is 11.4. The van der Waals surface area contributed by atoms with Crippen LogP contribution in [0.3, 0.4) is 0 Å². The molecule has 0 rings (SSSR count). The van der Waals surface area contributed by atoms with Crippen molar-refractivity contribution in [2.24, 2.45) is 17.8 Å². The lowest BCUT2D eigenvalue weighted by molar-refractivity contribution is 0.0789. The van der Waals surface area contributed by atoms with Crippen LogP contribution in [0.5, 0.6) is 0 Å². The Kier molecular flexibility index (Phi) is 28.7. The third-order valence-electron chi connectivity index (χ3n) is 7.98. The van der Waals surface area contributed by atoms with E-state index in [4.69, 9.17) is 14.2 Å². The first-order chi connectivity index (χ1) is 18.1. The van der Waals surface area contributed by atoms with E-state index in [0.29, 0.717) is 0 Å². The highest BCUT2D eigenvalue weighted by Gasteiger charge is 2.15. The SMILES string of the molecule is CCCCC(CC)COCCC[N+](CCCOCC(CC)CCCC)CCCOCC(CC)CCCC. The Balaban J connectivity index is 4.31. The minimum Gasteiger partial charge on any atom is -0.381 e. The van der Waals surface area contributed by atoms with E-state index in [2.05, 4.69) is 46.4 Å². The van der Waals surface area contributed by atoms with E-state index in [9.17, 15) is 0 Å². The summed E-state index contributed by atoms with van der Waals surface area (Å²) in [6.45, 7) is 22.6. The highest BCUT2D eigenvalue weighted by molar-refractivity contribution is 4.66. The molecule has 223 valence electrons. The topological polar surface area (TPSA) is 33.6 Å². The van der Waals surface area contributed by atoms with Crippen LogP contribution >= 0.6 is 0 Å². The fourth-order valence-corrected chi connectivity index (χ4v) is 4.95. The molecule has 0 aromatic heterocycles. The zero-order valence-electron chi connectivity index (χ0n) is 26.4. The summed E-state index contributed by atoms with van der Waals surface area (Å²) in [5.74, 6) is 2.21. The molecule has 0 fully saturated rings. The van der Waals surface area contributed by atoms with Crippen LogP contribution in [-0.2, 0) is 14.2 Å². The van der Waals surface area contributed by atoms with Gasteiger partial charge >= 0.3 is 0 Å². The average molecular weight is 528 g/mol. The van der Waals surface area contributed by atoms with Gasteiger partial charge in [-0.1, -0.05) is 99.3 Å². The van der Waals surface area contributed by atoms with Crippen LogP contribution in [0.2, 0.25) is 0 Å². The number of hydrogen-bond donors (Lipinski definition) is 0. The zero-order chi connectivity index (χ0) is 27.4. The van der Waals surface area contributed by atoms with Gasteiger partial charge in [-0.3, -0.25) is 0 Å². The van der Waals surface area contributed by atoms with Gasteiger partial charge < -0.3 is 14.2 Å². The van der Waals surface area contributed by atoms with Crippen LogP contribution in [0.4, 0.5) is 0 Å². The lowest BCUT2D eigenvalue weighted by atomic mass is 10.0. The van der Waals surface area contributed by atoms with Gasteiger partial charge in [0.25, 0.3) is 0 Å². The van der Waals surface area contributed by atoms with Gasteiger partial charge in [0, 0.05) is 39.1 Å². The number of hydrogen-bond acceptors (Lipinski definition) is 4. The summed E-state index contributed by atoms with van der Waals surface area (Å²) in [6, 6.07) is 0. The van der Waals surface area contributed by atoms with Crippen molar-refractivity contribution in [1.82, 2.24) is 4.90 Å². The molecule has 0 aromatic carbocycles. The van der Waals surface area contributed by atoms with Crippen molar-refractivity contribution < 1.29 is 14.2 Å². The van der Waals surface area contributed by atoms with Gasteiger partial charge in [-0.2, -0.15) is 4.90 Å². The molecule has 1 radical (unpaired) electrons. The quantitative estimate of drug-likeness (QED) is 0.0690. The van der Waals surface area contributed by atoms with E-state index in [0.717, 1.165) is 96.3 Å². The summed E-state index contributed by atoms with van der Waals surface area (Å²) in [5, 5.41) is 0. The van der Waals surface area contributed by atoms with Crippen molar-refractivity contribution in [3.63, 3.8) is 0 Å². The Bertz CT molecular complexity index is 372. The Morgan fingerprint density at radius 2 is 0.730 bits per heavy atom. The molecule has 0 N–H and O–H groups in total. The zero-order valence-corrected chi connectivity index (χ0v) is 26.4. The normalized spacial score (nSPS) is 14.4. The molecule has 0 bridgehead atoms. The molecule has 0 spiro atoms. The molecule has 4 heteroatoms. The van der Waals surface area contributed by atoms with Gasteiger partial charge in [0.05, 0.1) is 19.8 Å². The van der Waals surface area contributed by atoms with Crippen molar-refractivity contribution in [3.05, 3.63) is 0 Å². The third kappa shape index (κ3) is 23.4. The lowest BCUT2D eigenvalue weighted by Gasteiger charge is -2.17. The lowest BCUT2D eigenvalue weighted by Crippen LogP contribution is -2.35. The highest BCUT2D eigenvalue weighted by atomic mass is 16.5. The largest absolute Gasteiger partial charge is 0.381 e. The Morgan fingerprint density at radius 1 is 0.432 bits per heavy atom. The number of nitrogens with zero attached hydrogens (tertiary/aromatic N) is 1. The monoisotopic (exact) mass is 528 g/mol. The number of ether oxygens (including phenoxy) is 3. The van der Waals surface area contributed by atoms with Crippen molar-refractivity contribution in [3.8, 4) is 0 Å². The van der Waals surface area contributed by atoms with Gasteiger partial charge in [-0.15, -0.1) is 0 Å². The second kappa shape index (κ2) is 28.8. The Labute approximate surface area is 234 Å². The maximum atomic E-state index is 6.09. The average Bonchev–Trinajstić information content (AvgIpc) is 2.92. The van der Waals surface area contributed by atoms with Gasteiger partial charge in [0.2, 0.25) is 0 Å². The van der Waals surface area contributed by atoms with Crippen molar-refractivity contribution >= 4 is 0 Å². The van der Waals surface area contributed by atoms with E-state index in [1.165, 1.54) is 77.0 Å². The second-order valence-corrected chi connectivity index (χ2v) is 11.4. The molecular weight excluding hydrogens is 458 g/mol. The molecule has 37 heavy (non-hydrogen) atoms. The first kappa shape index (κ1) is 36.8. The van der Waals surface area contributed by atoms with Crippen LogP contribution in [-0.4, -0.2) is 59.3 Å². The molecule has 4 nitrogen and oxygen atoms in total. The molecule has 0 heterocycles. The number of rotatable bonds is 30. The van der Waals surface area contributed by atoms with Crippen molar-refractivity contribution in [2.45, 2.75) is 138 Å². The molecule has 0 aromatic rings. The fourth-order valence-electron chi connectivity index (χ4n) is 4.95. The molecule has 0 saturated heterocycles. The van der Waals surface area contributed by atoms with Crippen molar-refractivity contribution in [1.29, 1.82) is 0 Å². The first-order valence-electron chi connectivity index (χ1n) is 16.6. The van der Waals surface area contributed by atoms with Crippen LogP contribution in [0, 0.1) is 17.8 Å². The molecule has 0 amide bonds. The fraction of sp³-hybridized carbons (Fsp3) is 1.00. The maximum absolute atomic E-state index is 6.09. The van der Waals surface area contributed by atoms with E-state index in [1.54, 1.807) is 0 Å². The summed E-state index contributed by atoms with van der Waals surface area (Å²) in [5.41, 5.74) is 0. The molecule has 0 saturated carbocycles. The Hall–Kier alpha value is -0.160. The highest BCUT2D eigenvalue weighted by Crippen LogP contribution is 2.15. The predicted molar refractivity (Wildman–Crippen MR) is 163 cm³/mol. The van der Waals surface area contributed by atoms with Crippen LogP contribution < -0.4 is 4.90 Å². The molecular formula is C33H69NO3+. The minimum absolute atomic E-state index is 0.735. The summed E-state index contributed by atoms with van der Waals surface area (Å²) in [4.78, 5) is 2.62. The Morgan fingerprint density at radius 3 is 0.973 bits per heavy atom. The van der Waals surface area contributed by atoms with Crippen LogP contribution in [0.15, 0.2) is 0 Å². The maximum Gasteiger partial charge on any atom is 0.125 e. The van der Waals surface area contributed by atoms with E-state index >= 15 is 0 Å². The van der Waals surface area contributed by atoms with Crippen LogP contribution in [0.1, 0.15) is 138 Å². The van der Waals surface area contributed by atoms with Gasteiger partial charge in [0.1, 0.15) is 19.6 Å². The summed E-state index contributed by atoms with van der Waals surface area (Å²) in [6.07, 6.45) is 18.9. The van der Waals surface area contributed by atoms with Crippen molar-refractivity contribution in [2.75, 3.05) is 59.3 Å². The van der Waals surface area contributed by atoms with E-state index in [-0.39, 0.29) is 0 Å². The van der Waals surface area contributed by atoms with Gasteiger partial charge in [-0.25, -0.2) is 0 Å². The smallest absolute Gasteiger partial charge is 0.125 e. The molecule has 3 atom stereocenters. The molecule has 0 aliphatic rings. The standard InChI is InChI=1S/C33H69NO3/c1-7-13-19-31(10-4)28-35-25-16-22-34(23-17-26-36-29-32(11-5)20-14-8-2)24-18-27-37-30-33(12-6)21-15-9-3/h31-33H,7-30H2,1-6H3/q+1. The third-order valence-corrected chi connectivity index (χ3v) is 7.98. The van der Waals surface area contributed by atoms with Gasteiger partial charge in [0.15, 0.2) is 0 Å². The van der Waals surface area contributed by atoms with E-state index in [1.807, 2.05) is 0 Å². The minimum atomic E-state index is 0.735. The molecule has 0 aliphatic heterocycles. The summed E-state index contributed by atoms with van der Waals surface area (Å²) < 4.78 is 18.3. The summed E-state index contributed by atoms with van der Waals surface area (Å²) >= 11 is 0. The van der Waals surface area contributed by atoms with E-state index < -0.39 is 0 Å². The first-order valence-corrected chi connectivity index (χ1v) is 16.6. The van der Waals surface area contributed by atoms with Crippen LogP contribution in [0.25, 0.3) is 0 Å². The summed E-state index contributed by atoms with van der Waals surface area (Å²) in [7, 11) is 0. The molecule has 0 aliphatic carbocycles. The molecule has 3 unspecified atom stereocenters. The number of unbranched alkanes of at least 4 members (excludes halogenated alkanes) is 3. The van der Waals surface area contributed by atoms with Gasteiger partial charge in [-0.05, 0) is 37.0 Å². The predicted octanol–water partition coefficient (Wildman–Crippen LogP) is 9.00.